The van der Waals surface area contributed by atoms with Crippen LogP contribution < -0.4 is 11.2 Å². The minimum Gasteiger partial charge on any atom is -0.299 e. The number of nitrogens with zero attached hydrogens (tertiary/aromatic N) is 1. The Morgan fingerprint density at radius 3 is 2.94 bits per heavy atom. The minimum atomic E-state index is -0.391. The van der Waals surface area contributed by atoms with Gasteiger partial charge in [-0.25, -0.2) is 4.79 Å². The first-order chi connectivity index (χ1) is 7.66. The van der Waals surface area contributed by atoms with Crippen LogP contribution in [0.4, 0.5) is 0 Å². The Hall–Kier alpha value is -1.14. The topological polar surface area (TPSA) is 54.9 Å². The summed E-state index contributed by atoms with van der Waals surface area (Å²) < 4.78 is 1.86. The van der Waals surface area contributed by atoms with Crippen molar-refractivity contribution in [3.8, 4) is 0 Å². The molecule has 6 heteroatoms. The number of nitrogens with one attached hydrogen (secondary N) is 1. The van der Waals surface area contributed by atoms with Gasteiger partial charge < -0.3 is 0 Å². The zero-order valence-corrected chi connectivity index (χ0v) is 10.7. The molecular weight excluding hydrogens is 292 g/mol. The van der Waals surface area contributed by atoms with Crippen LogP contribution in [0.25, 0.3) is 0 Å². The van der Waals surface area contributed by atoms with Gasteiger partial charge in [-0.05, 0) is 33.8 Å². The van der Waals surface area contributed by atoms with Gasteiger partial charge in [-0.15, -0.1) is 11.3 Å². The lowest BCUT2D eigenvalue weighted by Crippen LogP contribution is -2.30. The van der Waals surface area contributed by atoms with E-state index in [1.54, 1.807) is 11.3 Å². The normalized spacial score (nSPS) is 10.6. The van der Waals surface area contributed by atoms with Gasteiger partial charge in [0.1, 0.15) is 0 Å². The fourth-order valence-electron chi connectivity index (χ4n) is 1.33. The Kier molecular flexibility index (Phi) is 3.40. The summed E-state index contributed by atoms with van der Waals surface area (Å²) in [7, 11) is 0. The molecule has 2 heterocycles. The van der Waals surface area contributed by atoms with Crippen LogP contribution in [0.3, 0.4) is 0 Å². The Morgan fingerprint density at radius 1 is 1.44 bits per heavy atom. The molecule has 0 aliphatic heterocycles. The summed E-state index contributed by atoms with van der Waals surface area (Å²) in [6.07, 6.45) is 2.31. The molecule has 2 rings (SSSR count). The van der Waals surface area contributed by atoms with Crippen molar-refractivity contribution >= 4 is 27.3 Å². The number of rotatable bonds is 3. The fraction of sp³-hybridized carbons (Fsp3) is 0.200. The maximum atomic E-state index is 11.4. The van der Waals surface area contributed by atoms with E-state index >= 15 is 0 Å². The average Bonchev–Trinajstić information content (AvgIpc) is 2.74. The lowest BCUT2D eigenvalue weighted by Gasteiger charge is -2.03. The van der Waals surface area contributed by atoms with Crippen molar-refractivity contribution in [2.45, 2.75) is 13.0 Å². The van der Waals surface area contributed by atoms with Crippen molar-refractivity contribution in [1.29, 1.82) is 0 Å². The van der Waals surface area contributed by atoms with E-state index in [0.717, 1.165) is 6.42 Å². The standard InChI is InChI=1S/C10H9BrN2O2S/c11-8-6-13(10(15)12-9(8)14)4-3-7-2-1-5-16-7/h1-2,5-6H,3-4H2,(H,12,14,15). The molecule has 0 bridgehead atoms. The summed E-state index contributed by atoms with van der Waals surface area (Å²) in [5, 5.41) is 2.00. The molecule has 0 radical (unpaired) electrons. The van der Waals surface area contributed by atoms with Crippen molar-refractivity contribution in [3.63, 3.8) is 0 Å². The van der Waals surface area contributed by atoms with Crippen LogP contribution in [0.1, 0.15) is 4.88 Å². The maximum Gasteiger partial charge on any atom is 0.328 e. The van der Waals surface area contributed by atoms with E-state index in [0.29, 0.717) is 11.0 Å². The molecule has 0 amide bonds. The van der Waals surface area contributed by atoms with Gasteiger partial charge in [0.2, 0.25) is 0 Å². The maximum absolute atomic E-state index is 11.4. The number of aromatic nitrogens is 2. The van der Waals surface area contributed by atoms with Gasteiger partial charge in [-0.3, -0.25) is 14.3 Å². The zero-order valence-electron chi connectivity index (χ0n) is 8.27. The van der Waals surface area contributed by atoms with Crippen molar-refractivity contribution in [3.05, 3.63) is 53.9 Å². The third kappa shape index (κ3) is 2.51. The van der Waals surface area contributed by atoms with Gasteiger partial charge in [0.05, 0.1) is 4.47 Å². The van der Waals surface area contributed by atoms with Gasteiger partial charge in [0, 0.05) is 17.6 Å². The van der Waals surface area contributed by atoms with Gasteiger partial charge in [0.25, 0.3) is 5.56 Å². The van der Waals surface area contributed by atoms with Crippen LogP contribution in [0.5, 0.6) is 0 Å². The Bertz CT molecular complexity index is 586. The molecule has 0 unspecified atom stereocenters. The summed E-state index contributed by atoms with van der Waals surface area (Å²) >= 11 is 4.75. The fourth-order valence-corrected chi connectivity index (χ4v) is 2.38. The van der Waals surface area contributed by atoms with Crippen LogP contribution in [-0.2, 0) is 13.0 Å². The summed E-state index contributed by atoms with van der Waals surface area (Å²) in [5.74, 6) is 0. The minimum absolute atomic E-state index is 0.371. The largest absolute Gasteiger partial charge is 0.328 e. The third-order valence-corrected chi connectivity index (χ3v) is 3.65. The van der Waals surface area contributed by atoms with Crippen LogP contribution in [0, 0.1) is 0 Å². The van der Waals surface area contributed by atoms with E-state index in [-0.39, 0.29) is 5.69 Å². The molecule has 4 nitrogen and oxygen atoms in total. The summed E-state index contributed by atoms with van der Waals surface area (Å²) in [4.78, 5) is 26.0. The number of hydrogen-bond acceptors (Lipinski definition) is 3. The van der Waals surface area contributed by atoms with Crippen molar-refractivity contribution in [1.82, 2.24) is 9.55 Å². The molecule has 0 aliphatic carbocycles. The first-order valence-corrected chi connectivity index (χ1v) is 6.36. The van der Waals surface area contributed by atoms with Gasteiger partial charge in [0.15, 0.2) is 0 Å². The van der Waals surface area contributed by atoms with Gasteiger partial charge >= 0.3 is 5.69 Å². The molecule has 1 N–H and O–H groups in total. The first-order valence-electron chi connectivity index (χ1n) is 4.68. The van der Waals surface area contributed by atoms with Crippen LogP contribution >= 0.6 is 27.3 Å². The molecular formula is C10H9BrN2O2S. The molecule has 0 aromatic carbocycles. The number of aryl methyl sites for hydroxylation is 2. The molecule has 0 fully saturated rings. The third-order valence-electron chi connectivity index (χ3n) is 2.15. The summed E-state index contributed by atoms with van der Waals surface area (Å²) in [5.41, 5.74) is -0.762. The van der Waals surface area contributed by atoms with Crippen molar-refractivity contribution in [2.24, 2.45) is 0 Å². The van der Waals surface area contributed by atoms with E-state index in [4.69, 9.17) is 0 Å². The highest BCUT2D eigenvalue weighted by Crippen LogP contribution is 2.09. The van der Waals surface area contributed by atoms with Crippen LogP contribution in [0.2, 0.25) is 0 Å². The van der Waals surface area contributed by atoms with Crippen LogP contribution in [-0.4, -0.2) is 9.55 Å². The monoisotopic (exact) mass is 300 g/mol. The highest BCUT2D eigenvalue weighted by Gasteiger charge is 2.02. The number of hydrogen-bond donors (Lipinski definition) is 1. The number of halogens is 1. The van der Waals surface area contributed by atoms with Gasteiger partial charge in [-0.1, -0.05) is 6.07 Å². The molecule has 16 heavy (non-hydrogen) atoms. The second-order valence-corrected chi connectivity index (χ2v) is 5.15. The highest BCUT2D eigenvalue weighted by atomic mass is 79.9. The smallest absolute Gasteiger partial charge is 0.299 e. The van der Waals surface area contributed by atoms with Gasteiger partial charge in [-0.2, -0.15) is 0 Å². The molecule has 2 aromatic heterocycles. The van der Waals surface area contributed by atoms with Crippen molar-refractivity contribution in [2.75, 3.05) is 0 Å². The molecule has 0 aliphatic rings. The van der Waals surface area contributed by atoms with E-state index in [9.17, 15) is 9.59 Å². The predicted molar refractivity (Wildman–Crippen MR) is 67.0 cm³/mol. The highest BCUT2D eigenvalue weighted by molar-refractivity contribution is 9.10. The molecule has 2 aromatic rings. The van der Waals surface area contributed by atoms with Crippen LogP contribution in [0.15, 0.2) is 37.8 Å². The quantitative estimate of drug-likeness (QED) is 0.936. The molecule has 0 spiro atoms. The second-order valence-electron chi connectivity index (χ2n) is 3.26. The zero-order chi connectivity index (χ0) is 11.5. The number of aromatic amines is 1. The van der Waals surface area contributed by atoms with E-state index in [1.807, 2.05) is 17.5 Å². The predicted octanol–water partition coefficient (Wildman–Crippen LogP) is 1.60. The van der Waals surface area contributed by atoms with E-state index in [1.165, 1.54) is 15.6 Å². The Morgan fingerprint density at radius 2 is 2.25 bits per heavy atom. The average molecular weight is 301 g/mol. The number of H-pyrrole nitrogens is 1. The second kappa shape index (κ2) is 4.80. The number of thiophene rings is 1. The summed E-state index contributed by atoms with van der Waals surface area (Å²) in [6.45, 7) is 0.564. The SMILES string of the molecule is O=c1[nH]c(=O)n(CCc2cccs2)cc1Br. The first kappa shape index (κ1) is 11.3. The molecule has 0 atom stereocenters. The lowest BCUT2D eigenvalue weighted by atomic mass is 10.3. The van der Waals surface area contributed by atoms with E-state index in [2.05, 4.69) is 20.9 Å². The summed E-state index contributed by atoms with van der Waals surface area (Å²) in [6, 6.07) is 4.00. The van der Waals surface area contributed by atoms with Crippen molar-refractivity contribution < 1.29 is 0 Å². The molecule has 84 valence electrons. The van der Waals surface area contributed by atoms with E-state index < -0.39 is 5.56 Å². The Balaban J connectivity index is 2.19. The lowest BCUT2D eigenvalue weighted by molar-refractivity contribution is 0.646. The molecule has 0 saturated heterocycles. The molecule has 0 saturated carbocycles. The Labute approximate surface area is 104 Å².